The quantitative estimate of drug-likeness (QED) is 0.748. The number of amides is 1. The average Bonchev–Trinajstić information content (AvgIpc) is 2.75. The van der Waals surface area contributed by atoms with Gasteiger partial charge in [0.25, 0.3) is 5.91 Å². The fourth-order valence-corrected chi connectivity index (χ4v) is 3.36. The summed E-state index contributed by atoms with van der Waals surface area (Å²) in [4.78, 5) is 16.6. The van der Waals surface area contributed by atoms with E-state index in [0.717, 1.165) is 63.1 Å². The van der Waals surface area contributed by atoms with Gasteiger partial charge in [-0.3, -0.25) is 9.79 Å². The number of carbonyl (C=O) groups excluding carboxylic acids is 1. The first-order chi connectivity index (χ1) is 12.2. The van der Waals surface area contributed by atoms with Crippen molar-refractivity contribution in [2.75, 3.05) is 33.4 Å². The van der Waals surface area contributed by atoms with E-state index in [1.165, 1.54) is 5.57 Å². The van der Waals surface area contributed by atoms with Crippen molar-refractivity contribution >= 4 is 11.6 Å². The van der Waals surface area contributed by atoms with Crippen molar-refractivity contribution in [2.24, 2.45) is 15.8 Å². The van der Waals surface area contributed by atoms with Crippen molar-refractivity contribution in [1.29, 1.82) is 0 Å². The van der Waals surface area contributed by atoms with E-state index < -0.39 is 0 Å². The summed E-state index contributed by atoms with van der Waals surface area (Å²) in [6.07, 6.45) is 4.88. The molecule has 2 aliphatic heterocycles. The normalized spacial score (nSPS) is 21.0. The third kappa shape index (κ3) is 6.20. The minimum atomic E-state index is 0.0447. The molecular weight excluding hydrogens is 328 g/mol. The standard InChI is InChI=1S/C15H24N2O2.C6H14O/c1-4-12(16-3)13-11(2)9-15(10-17-14(13)18)5-7-19-8-6-15;1-4-6(2,3)5-7/h4-10H2,1-3H3,(H,17,18);7H,4-5H2,1-3H3. The molecule has 2 heterocycles. The number of aliphatic hydroxyl groups is 1. The molecule has 2 rings (SSSR count). The summed E-state index contributed by atoms with van der Waals surface area (Å²) in [5.74, 6) is 0.0447. The van der Waals surface area contributed by atoms with Gasteiger partial charge >= 0.3 is 0 Å². The predicted octanol–water partition coefficient (Wildman–Crippen LogP) is 3.52. The van der Waals surface area contributed by atoms with Crippen LogP contribution in [0, 0.1) is 10.8 Å². The van der Waals surface area contributed by atoms with Crippen LogP contribution in [0.1, 0.15) is 66.7 Å². The Labute approximate surface area is 159 Å². The number of nitrogens with one attached hydrogen (secondary N) is 1. The van der Waals surface area contributed by atoms with E-state index in [2.05, 4.69) is 24.2 Å². The van der Waals surface area contributed by atoms with Gasteiger partial charge in [-0.15, -0.1) is 0 Å². The summed E-state index contributed by atoms with van der Waals surface area (Å²) in [6.45, 7) is 13.0. The maximum Gasteiger partial charge on any atom is 0.253 e. The van der Waals surface area contributed by atoms with Crippen LogP contribution in [-0.4, -0.2) is 50.1 Å². The lowest BCUT2D eigenvalue weighted by Gasteiger charge is -2.36. The predicted molar refractivity (Wildman–Crippen MR) is 108 cm³/mol. The molecule has 0 aromatic heterocycles. The number of allylic oxidation sites excluding steroid dienone is 1. The van der Waals surface area contributed by atoms with Crippen LogP contribution in [0.3, 0.4) is 0 Å². The van der Waals surface area contributed by atoms with Crippen LogP contribution < -0.4 is 5.32 Å². The molecule has 1 fully saturated rings. The number of rotatable bonds is 4. The van der Waals surface area contributed by atoms with Crippen LogP contribution in [0.15, 0.2) is 16.1 Å². The maximum absolute atomic E-state index is 12.3. The second-order valence-corrected chi connectivity index (χ2v) is 8.33. The van der Waals surface area contributed by atoms with E-state index in [9.17, 15) is 4.79 Å². The highest BCUT2D eigenvalue weighted by atomic mass is 16.5. The van der Waals surface area contributed by atoms with Crippen molar-refractivity contribution in [3.8, 4) is 0 Å². The van der Waals surface area contributed by atoms with Gasteiger partial charge in [-0.2, -0.15) is 0 Å². The first-order valence-corrected chi connectivity index (χ1v) is 9.86. The minimum absolute atomic E-state index is 0.0447. The molecule has 26 heavy (non-hydrogen) atoms. The van der Waals surface area contributed by atoms with Crippen LogP contribution in [0.25, 0.3) is 0 Å². The van der Waals surface area contributed by atoms with E-state index in [0.29, 0.717) is 6.61 Å². The van der Waals surface area contributed by atoms with Gasteiger partial charge in [-0.1, -0.05) is 33.3 Å². The molecule has 0 aromatic rings. The Hall–Kier alpha value is -1.20. The Morgan fingerprint density at radius 3 is 2.35 bits per heavy atom. The second kappa shape index (κ2) is 10.2. The smallest absolute Gasteiger partial charge is 0.253 e. The van der Waals surface area contributed by atoms with Crippen molar-refractivity contribution in [3.05, 3.63) is 11.1 Å². The average molecular weight is 367 g/mol. The molecule has 0 unspecified atom stereocenters. The maximum atomic E-state index is 12.3. The Balaban J connectivity index is 0.000000412. The van der Waals surface area contributed by atoms with Crippen molar-refractivity contribution in [1.82, 2.24) is 5.32 Å². The Morgan fingerprint density at radius 1 is 1.31 bits per heavy atom. The zero-order valence-electron chi connectivity index (χ0n) is 17.6. The summed E-state index contributed by atoms with van der Waals surface area (Å²) < 4.78 is 5.46. The molecule has 2 N–H and O–H groups in total. The molecule has 1 saturated heterocycles. The third-order valence-electron chi connectivity index (χ3n) is 5.75. The number of hydrogen-bond donors (Lipinski definition) is 2. The van der Waals surface area contributed by atoms with E-state index in [1.807, 2.05) is 20.8 Å². The van der Waals surface area contributed by atoms with Gasteiger partial charge in [0.2, 0.25) is 0 Å². The number of nitrogens with zero attached hydrogens (tertiary/aromatic N) is 1. The fraction of sp³-hybridized carbons (Fsp3) is 0.810. The molecule has 0 atom stereocenters. The van der Waals surface area contributed by atoms with E-state index in [1.54, 1.807) is 7.05 Å². The first kappa shape index (κ1) is 22.8. The highest BCUT2D eigenvalue weighted by molar-refractivity contribution is 6.22. The summed E-state index contributed by atoms with van der Waals surface area (Å²) in [5, 5.41) is 11.7. The Bertz CT molecular complexity index is 523. The molecule has 0 saturated carbocycles. The molecule has 0 aliphatic carbocycles. The minimum Gasteiger partial charge on any atom is -0.396 e. The highest BCUT2D eigenvalue weighted by Crippen LogP contribution is 2.38. The molecule has 0 radical (unpaired) electrons. The summed E-state index contributed by atoms with van der Waals surface area (Å²) >= 11 is 0. The largest absolute Gasteiger partial charge is 0.396 e. The molecule has 5 nitrogen and oxygen atoms in total. The van der Waals surface area contributed by atoms with Gasteiger partial charge in [0.1, 0.15) is 0 Å². The number of ether oxygens (including phenoxy) is 1. The number of aliphatic hydroxyl groups excluding tert-OH is 1. The van der Waals surface area contributed by atoms with Crippen LogP contribution in [0.4, 0.5) is 0 Å². The van der Waals surface area contributed by atoms with Crippen molar-refractivity contribution < 1.29 is 14.6 Å². The van der Waals surface area contributed by atoms with Gasteiger partial charge in [-0.25, -0.2) is 0 Å². The highest BCUT2D eigenvalue weighted by Gasteiger charge is 2.37. The van der Waals surface area contributed by atoms with Crippen LogP contribution >= 0.6 is 0 Å². The molecule has 1 amide bonds. The van der Waals surface area contributed by atoms with Crippen molar-refractivity contribution in [3.63, 3.8) is 0 Å². The lowest BCUT2D eigenvalue weighted by molar-refractivity contribution is -0.117. The summed E-state index contributed by atoms with van der Waals surface area (Å²) in [6, 6.07) is 0. The Morgan fingerprint density at radius 2 is 1.92 bits per heavy atom. The zero-order chi connectivity index (χ0) is 19.8. The van der Waals surface area contributed by atoms with Crippen molar-refractivity contribution in [2.45, 2.75) is 66.7 Å². The molecule has 150 valence electrons. The number of aliphatic imine (C=N–C) groups is 1. The molecule has 0 aromatic carbocycles. The van der Waals surface area contributed by atoms with Gasteiger partial charge in [0.05, 0.1) is 5.57 Å². The molecule has 0 bridgehead atoms. The third-order valence-corrected chi connectivity index (χ3v) is 5.75. The molecular formula is C21H38N2O3. The van der Waals surface area contributed by atoms with Gasteiger partial charge in [0.15, 0.2) is 0 Å². The van der Waals surface area contributed by atoms with Crippen LogP contribution in [0.5, 0.6) is 0 Å². The number of hydrogen-bond acceptors (Lipinski definition) is 4. The molecule has 5 heteroatoms. The Kier molecular flexibility index (Phi) is 8.97. The van der Waals surface area contributed by atoms with Crippen LogP contribution in [-0.2, 0) is 9.53 Å². The molecule has 2 aliphatic rings. The van der Waals surface area contributed by atoms with Gasteiger partial charge in [-0.05, 0) is 49.9 Å². The van der Waals surface area contributed by atoms with Gasteiger partial charge < -0.3 is 15.2 Å². The second-order valence-electron chi connectivity index (χ2n) is 8.33. The lowest BCUT2D eigenvalue weighted by Crippen LogP contribution is -2.40. The monoisotopic (exact) mass is 366 g/mol. The summed E-state index contributed by atoms with van der Waals surface area (Å²) in [7, 11) is 1.77. The van der Waals surface area contributed by atoms with Crippen LogP contribution in [0.2, 0.25) is 0 Å². The fourth-order valence-electron chi connectivity index (χ4n) is 3.36. The summed E-state index contributed by atoms with van der Waals surface area (Å²) in [5.41, 5.74) is 3.23. The lowest BCUT2D eigenvalue weighted by atomic mass is 9.75. The zero-order valence-corrected chi connectivity index (χ0v) is 17.6. The SMILES string of the molecule is CCC(=NC)C1=C(C)CC2(CCOCC2)CNC1=O.CCC(C)(C)CO. The first-order valence-electron chi connectivity index (χ1n) is 9.86. The number of carbonyl (C=O) groups is 1. The van der Waals surface area contributed by atoms with E-state index in [4.69, 9.17) is 9.84 Å². The topological polar surface area (TPSA) is 70.9 Å². The molecule has 1 spiro atoms. The van der Waals surface area contributed by atoms with Gasteiger partial charge in [0, 0.05) is 39.1 Å². The van der Waals surface area contributed by atoms with E-state index in [-0.39, 0.29) is 16.7 Å². The van der Waals surface area contributed by atoms with E-state index >= 15 is 0 Å².